The lowest BCUT2D eigenvalue weighted by Crippen LogP contribution is -2.48. The normalized spacial score (nSPS) is 15.4. The van der Waals surface area contributed by atoms with Crippen LogP contribution in [0.1, 0.15) is 15.9 Å². The Morgan fingerprint density at radius 2 is 1.64 bits per heavy atom. The van der Waals surface area contributed by atoms with Gasteiger partial charge in [-0.15, -0.1) is 6.58 Å². The predicted octanol–water partition coefficient (Wildman–Crippen LogP) is 2.11. The third kappa shape index (κ3) is 5.07. The van der Waals surface area contributed by atoms with Gasteiger partial charge in [-0.2, -0.15) is 0 Å². The van der Waals surface area contributed by atoms with Gasteiger partial charge in [0.15, 0.2) is 0 Å². The highest BCUT2D eigenvalue weighted by molar-refractivity contribution is 7.89. The highest BCUT2D eigenvalue weighted by Gasteiger charge is 2.22. The van der Waals surface area contributed by atoms with Crippen molar-refractivity contribution in [3.05, 3.63) is 78.4 Å². The lowest BCUT2D eigenvalue weighted by Gasteiger charge is -2.34. The minimum atomic E-state index is -3.58. The van der Waals surface area contributed by atoms with Crippen molar-refractivity contribution < 1.29 is 13.2 Å². The van der Waals surface area contributed by atoms with Gasteiger partial charge in [0.05, 0.1) is 4.90 Å². The number of benzene rings is 2. The van der Waals surface area contributed by atoms with Gasteiger partial charge in [-0.1, -0.05) is 36.4 Å². The van der Waals surface area contributed by atoms with Crippen LogP contribution in [0.25, 0.3) is 0 Å². The van der Waals surface area contributed by atoms with Crippen molar-refractivity contribution in [2.45, 2.75) is 11.4 Å². The Hall–Kier alpha value is -2.48. The lowest BCUT2D eigenvalue weighted by molar-refractivity contribution is 0.0628. The van der Waals surface area contributed by atoms with E-state index in [1.807, 2.05) is 23.1 Å². The van der Waals surface area contributed by atoms with E-state index in [-0.39, 0.29) is 17.3 Å². The number of hydrogen-bond acceptors (Lipinski definition) is 4. The van der Waals surface area contributed by atoms with Crippen molar-refractivity contribution in [2.24, 2.45) is 0 Å². The second kappa shape index (κ2) is 9.14. The van der Waals surface area contributed by atoms with Crippen LogP contribution in [0.5, 0.6) is 0 Å². The number of carbonyl (C=O) groups is 1. The van der Waals surface area contributed by atoms with Crippen LogP contribution >= 0.6 is 0 Å². The molecule has 6 nitrogen and oxygen atoms in total. The van der Waals surface area contributed by atoms with Crippen LogP contribution in [0.3, 0.4) is 0 Å². The molecule has 1 amide bonds. The third-order valence-electron chi connectivity index (χ3n) is 4.74. The number of amides is 1. The first-order valence-corrected chi connectivity index (χ1v) is 10.7. The molecule has 148 valence electrons. The molecule has 0 spiro atoms. The van der Waals surface area contributed by atoms with Crippen molar-refractivity contribution in [2.75, 3.05) is 32.7 Å². The molecule has 1 saturated heterocycles. The summed E-state index contributed by atoms with van der Waals surface area (Å²) >= 11 is 0. The molecule has 1 fully saturated rings. The number of nitrogens with one attached hydrogen (secondary N) is 1. The van der Waals surface area contributed by atoms with Crippen LogP contribution in [0.15, 0.2) is 72.1 Å². The van der Waals surface area contributed by atoms with Gasteiger partial charge in [-0.25, -0.2) is 13.1 Å². The monoisotopic (exact) mass is 399 g/mol. The van der Waals surface area contributed by atoms with Gasteiger partial charge in [0.2, 0.25) is 10.0 Å². The molecule has 28 heavy (non-hydrogen) atoms. The zero-order valence-corrected chi connectivity index (χ0v) is 16.6. The highest BCUT2D eigenvalue weighted by atomic mass is 32.2. The van der Waals surface area contributed by atoms with Gasteiger partial charge >= 0.3 is 0 Å². The quantitative estimate of drug-likeness (QED) is 0.724. The summed E-state index contributed by atoms with van der Waals surface area (Å²) in [6.45, 7) is 7.49. The van der Waals surface area contributed by atoms with Crippen LogP contribution in [0, 0.1) is 0 Å². The van der Waals surface area contributed by atoms with E-state index >= 15 is 0 Å². The molecule has 0 saturated carbocycles. The molecule has 0 unspecified atom stereocenters. The van der Waals surface area contributed by atoms with E-state index in [0.717, 1.165) is 19.6 Å². The third-order valence-corrected chi connectivity index (χ3v) is 6.18. The molecule has 2 aromatic carbocycles. The second-order valence-corrected chi connectivity index (χ2v) is 8.49. The fourth-order valence-electron chi connectivity index (χ4n) is 3.16. The highest BCUT2D eigenvalue weighted by Crippen LogP contribution is 2.14. The Labute approximate surface area is 166 Å². The average molecular weight is 400 g/mol. The molecule has 0 atom stereocenters. The summed E-state index contributed by atoms with van der Waals surface area (Å²) in [7, 11) is -3.58. The first kappa shape index (κ1) is 20.3. The standard InChI is InChI=1S/C21H25N3O3S/c1-2-12-22-28(26,27)20-10-8-19(9-11-20)21(25)24-15-13-23(14-16-24)17-18-6-4-3-5-7-18/h2-11,22H,1,12-17H2. The molecule has 2 aromatic rings. The maximum atomic E-state index is 12.7. The molecule has 1 aliphatic rings. The van der Waals surface area contributed by atoms with Crippen molar-refractivity contribution in [3.63, 3.8) is 0 Å². The zero-order valence-electron chi connectivity index (χ0n) is 15.8. The molecule has 0 aliphatic carbocycles. The molecule has 7 heteroatoms. The Morgan fingerprint density at radius 1 is 1.00 bits per heavy atom. The molecular weight excluding hydrogens is 374 g/mol. The van der Waals surface area contributed by atoms with Gasteiger partial charge in [0.1, 0.15) is 0 Å². The second-order valence-electron chi connectivity index (χ2n) is 6.72. The van der Waals surface area contributed by atoms with E-state index in [4.69, 9.17) is 0 Å². The largest absolute Gasteiger partial charge is 0.336 e. The Kier molecular flexibility index (Phi) is 6.61. The summed E-state index contributed by atoms with van der Waals surface area (Å²) in [4.78, 5) is 17.0. The first-order chi connectivity index (χ1) is 13.5. The van der Waals surface area contributed by atoms with Crippen LogP contribution in [-0.2, 0) is 16.6 Å². The smallest absolute Gasteiger partial charge is 0.253 e. The maximum absolute atomic E-state index is 12.7. The van der Waals surface area contributed by atoms with Crippen LogP contribution in [0.4, 0.5) is 0 Å². The average Bonchev–Trinajstić information content (AvgIpc) is 2.73. The molecule has 0 aromatic heterocycles. The van der Waals surface area contributed by atoms with Gasteiger partial charge in [0, 0.05) is 44.8 Å². The summed E-state index contributed by atoms with van der Waals surface area (Å²) < 4.78 is 26.6. The van der Waals surface area contributed by atoms with Gasteiger partial charge in [-0.05, 0) is 29.8 Å². The van der Waals surface area contributed by atoms with Crippen molar-refractivity contribution in [1.29, 1.82) is 0 Å². The molecule has 0 bridgehead atoms. The predicted molar refractivity (Wildman–Crippen MR) is 109 cm³/mol. The summed E-state index contributed by atoms with van der Waals surface area (Å²) in [5.74, 6) is -0.0673. The topological polar surface area (TPSA) is 69.7 Å². The fourth-order valence-corrected chi connectivity index (χ4v) is 4.16. The van der Waals surface area contributed by atoms with Gasteiger partial charge in [0.25, 0.3) is 5.91 Å². The minimum absolute atomic E-state index is 0.0673. The summed E-state index contributed by atoms with van der Waals surface area (Å²) in [5, 5.41) is 0. The van der Waals surface area contributed by atoms with E-state index in [0.29, 0.717) is 18.7 Å². The van der Waals surface area contributed by atoms with E-state index < -0.39 is 10.0 Å². The van der Waals surface area contributed by atoms with Gasteiger partial charge < -0.3 is 4.90 Å². The van der Waals surface area contributed by atoms with Crippen LogP contribution in [0.2, 0.25) is 0 Å². The number of sulfonamides is 1. The SMILES string of the molecule is C=CCNS(=O)(=O)c1ccc(C(=O)N2CCN(Cc3ccccc3)CC2)cc1. The van der Waals surface area contributed by atoms with Crippen molar-refractivity contribution in [3.8, 4) is 0 Å². The number of nitrogens with zero attached hydrogens (tertiary/aromatic N) is 2. The van der Waals surface area contributed by atoms with Crippen molar-refractivity contribution >= 4 is 15.9 Å². The molecule has 0 radical (unpaired) electrons. The zero-order chi connectivity index (χ0) is 20.0. The van der Waals surface area contributed by atoms with Gasteiger partial charge in [-0.3, -0.25) is 9.69 Å². The summed E-state index contributed by atoms with van der Waals surface area (Å²) in [6, 6.07) is 16.4. The van der Waals surface area contributed by atoms with Crippen molar-refractivity contribution in [1.82, 2.24) is 14.5 Å². The summed E-state index contributed by atoms with van der Waals surface area (Å²) in [6.07, 6.45) is 1.48. The first-order valence-electron chi connectivity index (χ1n) is 9.26. The Bertz CT molecular complexity index is 904. The van der Waals surface area contributed by atoms with Crippen LogP contribution in [-0.4, -0.2) is 56.8 Å². The lowest BCUT2D eigenvalue weighted by atomic mass is 10.1. The summed E-state index contributed by atoms with van der Waals surface area (Å²) in [5.41, 5.74) is 1.77. The molecular formula is C21H25N3O3S. The number of piperazine rings is 1. The number of hydrogen-bond donors (Lipinski definition) is 1. The Morgan fingerprint density at radius 3 is 2.25 bits per heavy atom. The Balaban J connectivity index is 1.57. The number of carbonyl (C=O) groups excluding carboxylic acids is 1. The molecule has 1 heterocycles. The van der Waals surface area contributed by atoms with E-state index in [2.05, 4.69) is 28.3 Å². The van der Waals surface area contributed by atoms with E-state index in [9.17, 15) is 13.2 Å². The molecule has 1 aliphatic heterocycles. The van der Waals surface area contributed by atoms with E-state index in [1.165, 1.54) is 23.8 Å². The minimum Gasteiger partial charge on any atom is -0.336 e. The van der Waals surface area contributed by atoms with E-state index in [1.54, 1.807) is 12.1 Å². The molecule has 3 rings (SSSR count). The molecule has 1 N–H and O–H groups in total. The van der Waals surface area contributed by atoms with Crippen LogP contribution < -0.4 is 4.72 Å². The maximum Gasteiger partial charge on any atom is 0.253 e. The fraction of sp³-hybridized carbons (Fsp3) is 0.286. The number of rotatable bonds is 7.